The third-order valence-corrected chi connectivity index (χ3v) is 8.42. The maximum atomic E-state index is 13.7. The van der Waals surface area contributed by atoms with Crippen LogP contribution in [0.1, 0.15) is 44.0 Å². The van der Waals surface area contributed by atoms with Gasteiger partial charge in [-0.1, -0.05) is 78.9 Å². The molecule has 0 aliphatic rings. The minimum atomic E-state index is -0.714. The lowest BCUT2D eigenvalue weighted by Crippen LogP contribution is -2.30. The van der Waals surface area contributed by atoms with E-state index in [4.69, 9.17) is 10.5 Å². The quantitative estimate of drug-likeness (QED) is 0.0781. The van der Waals surface area contributed by atoms with Crippen LogP contribution in [0.2, 0.25) is 0 Å². The smallest absolute Gasteiger partial charge is 0.272 e. The monoisotopic (exact) mass is 670 g/mol. The number of anilines is 2. The topological polar surface area (TPSA) is 140 Å². The van der Waals surface area contributed by atoms with Crippen molar-refractivity contribution in [2.24, 2.45) is 5.73 Å². The summed E-state index contributed by atoms with van der Waals surface area (Å²) in [7, 11) is 0. The number of primary amides is 1. The Kier molecular flexibility index (Phi) is 11.6. The Labute approximate surface area is 288 Å². The van der Waals surface area contributed by atoms with Crippen molar-refractivity contribution in [3.63, 3.8) is 0 Å². The van der Waals surface area contributed by atoms with E-state index in [9.17, 15) is 19.2 Å². The Morgan fingerprint density at radius 2 is 1.45 bits per heavy atom. The summed E-state index contributed by atoms with van der Waals surface area (Å²) in [5.41, 5.74) is 8.35. The Balaban J connectivity index is 1.38. The molecule has 246 valence electrons. The highest BCUT2D eigenvalue weighted by Gasteiger charge is 2.24. The van der Waals surface area contributed by atoms with E-state index in [2.05, 4.69) is 16.0 Å². The number of hydrogen-bond acceptors (Lipinski definition) is 6. The maximum Gasteiger partial charge on any atom is 0.272 e. The number of hydrogen-bond donors (Lipinski definition) is 4. The van der Waals surface area contributed by atoms with Gasteiger partial charge in [-0.3, -0.25) is 19.2 Å². The highest BCUT2D eigenvalue weighted by molar-refractivity contribution is 8.00. The summed E-state index contributed by atoms with van der Waals surface area (Å²) in [6.07, 6.45) is 1.59. The van der Waals surface area contributed by atoms with Gasteiger partial charge < -0.3 is 26.4 Å². The molecule has 49 heavy (non-hydrogen) atoms. The van der Waals surface area contributed by atoms with Gasteiger partial charge in [-0.25, -0.2) is 0 Å². The van der Waals surface area contributed by atoms with Gasteiger partial charge in [0.05, 0.1) is 17.9 Å². The molecule has 0 fully saturated rings. The molecule has 9 nitrogen and oxygen atoms in total. The number of benzene rings is 5. The third kappa shape index (κ3) is 9.46. The number of nitrogens with two attached hydrogens (primary N) is 1. The van der Waals surface area contributed by atoms with Gasteiger partial charge in [0.15, 0.2) is 0 Å². The first-order valence-electron chi connectivity index (χ1n) is 15.4. The van der Waals surface area contributed by atoms with Crippen LogP contribution in [0.25, 0.3) is 6.08 Å². The standard InChI is InChI=1S/C39H34N4O5S/c1-2-48-30-22-20-26(21-23-30)24-34(43-37(45)28-14-7-4-8-15-28)38(46)41-29-16-11-17-31(25-29)49-35(27-12-5-3-6-13-27)39(47)42-33-19-10-9-18-32(33)36(40)44/h3-25,35H,2H2,1H3,(H2,40,44)(H,41,46)(H,42,47)(H,43,45)/b34-24+. The molecule has 5 aromatic carbocycles. The zero-order chi connectivity index (χ0) is 34.6. The molecule has 5 aromatic rings. The average Bonchev–Trinajstić information content (AvgIpc) is 3.12. The lowest BCUT2D eigenvalue weighted by molar-refractivity contribution is -0.116. The van der Waals surface area contributed by atoms with Crippen molar-refractivity contribution < 1.29 is 23.9 Å². The second-order valence-corrected chi connectivity index (χ2v) is 11.8. The van der Waals surface area contributed by atoms with Crippen molar-refractivity contribution in [3.05, 3.63) is 161 Å². The average molecular weight is 671 g/mol. The van der Waals surface area contributed by atoms with Crippen molar-refractivity contribution in [1.82, 2.24) is 5.32 Å². The van der Waals surface area contributed by atoms with E-state index in [0.29, 0.717) is 39.8 Å². The molecule has 0 spiro atoms. The highest BCUT2D eigenvalue weighted by atomic mass is 32.2. The highest BCUT2D eigenvalue weighted by Crippen LogP contribution is 2.37. The van der Waals surface area contributed by atoms with Gasteiger partial charge in [-0.05, 0) is 78.7 Å². The molecule has 5 N–H and O–H groups in total. The molecule has 0 aliphatic heterocycles. The molecule has 1 atom stereocenters. The first-order chi connectivity index (χ1) is 23.8. The molecular weight excluding hydrogens is 637 g/mol. The lowest BCUT2D eigenvalue weighted by Gasteiger charge is -2.18. The van der Waals surface area contributed by atoms with Crippen LogP contribution in [-0.2, 0) is 9.59 Å². The predicted molar refractivity (Wildman–Crippen MR) is 193 cm³/mol. The number of rotatable bonds is 13. The fourth-order valence-corrected chi connectivity index (χ4v) is 5.91. The summed E-state index contributed by atoms with van der Waals surface area (Å²) in [5, 5.41) is 7.77. The van der Waals surface area contributed by atoms with Gasteiger partial charge in [-0.2, -0.15) is 0 Å². The summed E-state index contributed by atoms with van der Waals surface area (Å²) in [4.78, 5) is 53.1. The normalized spacial score (nSPS) is 11.6. The lowest BCUT2D eigenvalue weighted by atomic mass is 10.1. The Morgan fingerprint density at radius 1 is 0.776 bits per heavy atom. The second kappa shape index (κ2) is 16.6. The molecule has 10 heteroatoms. The summed E-state index contributed by atoms with van der Waals surface area (Å²) >= 11 is 1.27. The van der Waals surface area contributed by atoms with Crippen molar-refractivity contribution in [1.29, 1.82) is 0 Å². The molecule has 0 radical (unpaired) electrons. The molecule has 0 saturated heterocycles. The van der Waals surface area contributed by atoms with Gasteiger partial charge in [0.1, 0.15) is 16.7 Å². The molecule has 4 amide bonds. The Morgan fingerprint density at radius 3 is 2.14 bits per heavy atom. The van der Waals surface area contributed by atoms with E-state index in [1.54, 1.807) is 103 Å². The SMILES string of the molecule is CCOc1ccc(/C=C(/NC(=O)c2ccccc2)C(=O)Nc2cccc(SC(C(=O)Nc3ccccc3C(N)=O)c3ccccc3)c2)cc1. The van der Waals surface area contributed by atoms with Gasteiger partial charge in [0, 0.05) is 16.1 Å². The molecule has 0 bridgehead atoms. The van der Waals surface area contributed by atoms with Crippen LogP contribution in [0.5, 0.6) is 5.75 Å². The second-order valence-electron chi connectivity index (χ2n) is 10.7. The summed E-state index contributed by atoms with van der Waals surface area (Å²) in [6, 6.07) is 38.6. The number of nitrogens with one attached hydrogen (secondary N) is 3. The van der Waals surface area contributed by atoms with E-state index in [0.717, 1.165) is 5.56 Å². The Hall–Kier alpha value is -6.13. The van der Waals surface area contributed by atoms with Gasteiger partial charge in [-0.15, -0.1) is 11.8 Å². The van der Waals surface area contributed by atoms with Gasteiger partial charge in [0.2, 0.25) is 5.91 Å². The molecule has 1 unspecified atom stereocenters. The number of carbonyl (C=O) groups is 4. The summed E-state index contributed by atoms with van der Waals surface area (Å²) in [6.45, 7) is 2.42. The van der Waals surface area contributed by atoms with E-state index in [1.807, 2.05) is 43.3 Å². The van der Waals surface area contributed by atoms with E-state index < -0.39 is 23.0 Å². The predicted octanol–water partition coefficient (Wildman–Crippen LogP) is 7.07. The van der Waals surface area contributed by atoms with Crippen LogP contribution in [0.15, 0.2) is 144 Å². The van der Waals surface area contributed by atoms with Crippen LogP contribution in [0.4, 0.5) is 11.4 Å². The zero-order valence-corrected chi connectivity index (χ0v) is 27.4. The van der Waals surface area contributed by atoms with Crippen molar-refractivity contribution in [3.8, 4) is 5.75 Å². The van der Waals surface area contributed by atoms with Crippen LogP contribution in [-0.4, -0.2) is 30.2 Å². The van der Waals surface area contributed by atoms with Crippen molar-refractivity contribution in [2.45, 2.75) is 17.1 Å². The summed E-state index contributed by atoms with van der Waals surface area (Å²) < 4.78 is 5.53. The number of ether oxygens (including phenoxy) is 1. The third-order valence-electron chi connectivity index (χ3n) is 7.17. The fourth-order valence-electron chi connectivity index (χ4n) is 4.82. The van der Waals surface area contributed by atoms with Crippen molar-refractivity contribution in [2.75, 3.05) is 17.2 Å². The fraction of sp³-hybridized carbons (Fsp3) is 0.0769. The Bertz CT molecular complexity index is 1970. The van der Waals surface area contributed by atoms with Crippen LogP contribution >= 0.6 is 11.8 Å². The molecular formula is C39H34N4O5S. The van der Waals surface area contributed by atoms with E-state index in [1.165, 1.54) is 11.8 Å². The molecule has 0 heterocycles. The molecule has 5 rings (SSSR count). The summed E-state index contributed by atoms with van der Waals surface area (Å²) in [5.74, 6) is -1.30. The van der Waals surface area contributed by atoms with Crippen LogP contribution in [0, 0.1) is 0 Å². The first-order valence-corrected chi connectivity index (χ1v) is 16.3. The largest absolute Gasteiger partial charge is 0.494 e. The minimum absolute atomic E-state index is 0.0331. The van der Waals surface area contributed by atoms with E-state index >= 15 is 0 Å². The minimum Gasteiger partial charge on any atom is -0.494 e. The number of para-hydroxylation sites is 1. The molecule has 0 aromatic heterocycles. The van der Waals surface area contributed by atoms with Gasteiger partial charge in [0.25, 0.3) is 17.7 Å². The number of amides is 4. The van der Waals surface area contributed by atoms with Crippen molar-refractivity contribution >= 4 is 52.8 Å². The van der Waals surface area contributed by atoms with E-state index in [-0.39, 0.29) is 17.2 Å². The van der Waals surface area contributed by atoms with Crippen LogP contribution < -0.4 is 26.4 Å². The first kappa shape index (κ1) is 34.2. The number of thioether (sulfide) groups is 1. The van der Waals surface area contributed by atoms with Gasteiger partial charge >= 0.3 is 0 Å². The van der Waals surface area contributed by atoms with Crippen LogP contribution in [0.3, 0.4) is 0 Å². The zero-order valence-electron chi connectivity index (χ0n) is 26.6. The number of carbonyl (C=O) groups excluding carboxylic acids is 4. The molecule has 0 aliphatic carbocycles. The maximum absolute atomic E-state index is 13.7. The molecule has 0 saturated carbocycles.